The number of amides is 1. The molecule has 1 aliphatic rings. The van der Waals surface area contributed by atoms with Crippen LogP contribution in [0.15, 0.2) is 30.3 Å². The van der Waals surface area contributed by atoms with Gasteiger partial charge in [0.15, 0.2) is 0 Å². The Kier molecular flexibility index (Phi) is 5.40. The summed E-state index contributed by atoms with van der Waals surface area (Å²) in [5.74, 6) is 0.305. The van der Waals surface area contributed by atoms with Crippen LogP contribution in [0.4, 0.5) is 0 Å². The molecule has 2 rings (SSSR count). The second kappa shape index (κ2) is 7.29. The average molecular weight is 260 g/mol. The fourth-order valence-corrected chi connectivity index (χ4v) is 2.71. The van der Waals surface area contributed by atoms with Gasteiger partial charge in [0.05, 0.1) is 0 Å². The second-order valence-electron chi connectivity index (χ2n) is 5.24. The summed E-state index contributed by atoms with van der Waals surface area (Å²) in [6, 6.07) is 10.7. The molecule has 0 saturated carbocycles. The molecule has 1 fully saturated rings. The summed E-state index contributed by atoms with van der Waals surface area (Å²) in [6.07, 6.45) is 3.86. The molecule has 0 unspecified atom stereocenters. The number of hydrogen-bond acceptors (Lipinski definition) is 2. The van der Waals surface area contributed by atoms with Crippen LogP contribution >= 0.6 is 0 Å². The highest BCUT2D eigenvalue weighted by atomic mass is 16.2. The van der Waals surface area contributed by atoms with Crippen LogP contribution in [-0.4, -0.2) is 36.5 Å². The summed E-state index contributed by atoms with van der Waals surface area (Å²) in [7, 11) is 0. The number of carbonyl (C=O) groups excluding carboxylic acids is 1. The summed E-state index contributed by atoms with van der Waals surface area (Å²) in [5.41, 5.74) is 1.29. The van der Waals surface area contributed by atoms with Crippen molar-refractivity contribution in [2.24, 2.45) is 0 Å². The summed E-state index contributed by atoms with van der Waals surface area (Å²) in [4.78, 5) is 14.2. The lowest BCUT2D eigenvalue weighted by Gasteiger charge is -2.21. The minimum absolute atomic E-state index is 0.250. The Labute approximate surface area is 116 Å². The maximum atomic E-state index is 12.2. The van der Waals surface area contributed by atoms with Crippen molar-refractivity contribution in [1.29, 1.82) is 0 Å². The van der Waals surface area contributed by atoms with Crippen LogP contribution in [-0.2, 0) is 11.2 Å². The second-order valence-corrected chi connectivity index (χ2v) is 5.24. The normalized spacial score (nSPS) is 16.6. The lowest BCUT2D eigenvalue weighted by molar-refractivity contribution is -0.130. The van der Waals surface area contributed by atoms with Crippen molar-refractivity contribution in [3.05, 3.63) is 35.9 Å². The third kappa shape index (κ3) is 4.35. The third-order valence-electron chi connectivity index (χ3n) is 3.70. The molecule has 1 aromatic rings. The zero-order chi connectivity index (χ0) is 13.5. The molecular weight excluding hydrogens is 236 g/mol. The zero-order valence-electron chi connectivity index (χ0n) is 11.8. The summed E-state index contributed by atoms with van der Waals surface area (Å²) < 4.78 is 0. The predicted octanol–water partition coefficient (Wildman–Crippen LogP) is 2.22. The molecule has 1 amide bonds. The molecule has 3 nitrogen and oxygen atoms in total. The van der Waals surface area contributed by atoms with Gasteiger partial charge in [-0.05, 0) is 31.4 Å². The van der Waals surface area contributed by atoms with Gasteiger partial charge in [-0.1, -0.05) is 37.3 Å². The van der Waals surface area contributed by atoms with E-state index < -0.39 is 0 Å². The van der Waals surface area contributed by atoms with Crippen molar-refractivity contribution in [1.82, 2.24) is 10.2 Å². The van der Waals surface area contributed by atoms with Crippen molar-refractivity contribution >= 4 is 5.91 Å². The van der Waals surface area contributed by atoms with Crippen molar-refractivity contribution in [2.75, 3.05) is 19.6 Å². The van der Waals surface area contributed by atoms with E-state index in [-0.39, 0.29) is 6.04 Å². The minimum Gasteiger partial charge on any atom is -0.343 e. The minimum atomic E-state index is 0.250. The number of rotatable bonds is 6. The van der Waals surface area contributed by atoms with Crippen LogP contribution < -0.4 is 5.32 Å². The Morgan fingerprint density at radius 3 is 2.58 bits per heavy atom. The van der Waals surface area contributed by atoms with Gasteiger partial charge >= 0.3 is 0 Å². The molecule has 1 heterocycles. The fraction of sp³-hybridized carbons (Fsp3) is 0.562. The van der Waals surface area contributed by atoms with E-state index in [0.717, 1.165) is 38.9 Å². The van der Waals surface area contributed by atoms with E-state index >= 15 is 0 Å². The van der Waals surface area contributed by atoms with Crippen molar-refractivity contribution in [3.8, 4) is 0 Å². The molecular formula is C16H24N2O. The molecule has 3 heteroatoms. The smallest absolute Gasteiger partial charge is 0.224 e. The largest absolute Gasteiger partial charge is 0.343 e. The molecule has 1 atom stereocenters. The number of nitrogens with zero attached hydrogens (tertiary/aromatic N) is 1. The molecule has 1 aromatic carbocycles. The molecule has 1 saturated heterocycles. The van der Waals surface area contributed by atoms with E-state index in [1.165, 1.54) is 5.56 Å². The van der Waals surface area contributed by atoms with E-state index in [4.69, 9.17) is 0 Å². The standard InChI is InChI=1S/C16H24N2O/c1-2-17-15(12-14-8-4-3-5-9-14)13-16(19)18-10-6-7-11-18/h3-5,8-9,15,17H,2,6-7,10-13H2,1H3/t15-/m0/s1. The molecule has 19 heavy (non-hydrogen) atoms. The summed E-state index contributed by atoms with van der Waals surface area (Å²) >= 11 is 0. The number of benzene rings is 1. The first-order chi connectivity index (χ1) is 9.29. The fourth-order valence-electron chi connectivity index (χ4n) is 2.71. The van der Waals surface area contributed by atoms with Gasteiger partial charge in [-0.2, -0.15) is 0 Å². The first-order valence-corrected chi connectivity index (χ1v) is 7.34. The van der Waals surface area contributed by atoms with Gasteiger partial charge < -0.3 is 10.2 Å². The maximum Gasteiger partial charge on any atom is 0.224 e. The van der Waals surface area contributed by atoms with Gasteiger partial charge in [0, 0.05) is 25.6 Å². The van der Waals surface area contributed by atoms with Crippen LogP contribution in [0.2, 0.25) is 0 Å². The van der Waals surface area contributed by atoms with Gasteiger partial charge in [-0.25, -0.2) is 0 Å². The lowest BCUT2D eigenvalue weighted by atomic mass is 10.0. The van der Waals surface area contributed by atoms with Crippen LogP contribution in [0.1, 0.15) is 31.7 Å². The number of nitrogens with one attached hydrogen (secondary N) is 1. The van der Waals surface area contributed by atoms with E-state index in [0.29, 0.717) is 12.3 Å². The highest BCUT2D eigenvalue weighted by molar-refractivity contribution is 5.77. The Morgan fingerprint density at radius 2 is 1.95 bits per heavy atom. The molecule has 0 spiro atoms. The molecule has 104 valence electrons. The lowest BCUT2D eigenvalue weighted by Crippen LogP contribution is -2.38. The highest BCUT2D eigenvalue weighted by Crippen LogP contribution is 2.12. The van der Waals surface area contributed by atoms with Gasteiger partial charge in [-0.3, -0.25) is 4.79 Å². The van der Waals surface area contributed by atoms with Crippen LogP contribution in [0.5, 0.6) is 0 Å². The molecule has 0 aromatic heterocycles. The SMILES string of the molecule is CCN[C@H](CC(=O)N1CCCC1)Cc1ccccc1. The van der Waals surface area contributed by atoms with Crippen LogP contribution in [0.3, 0.4) is 0 Å². The Morgan fingerprint density at radius 1 is 1.26 bits per heavy atom. The summed E-state index contributed by atoms with van der Waals surface area (Å²) in [5, 5.41) is 3.44. The van der Waals surface area contributed by atoms with E-state index in [1.54, 1.807) is 0 Å². The first kappa shape index (κ1) is 14.1. The number of likely N-dealkylation sites (N-methyl/N-ethyl adjacent to an activating group) is 1. The Bertz CT molecular complexity index is 385. The van der Waals surface area contributed by atoms with Crippen LogP contribution in [0.25, 0.3) is 0 Å². The predicted molar refractivity (Wildman–Crippen MR) is 78.0 cm³/mol. The Balaban J connectivity index is 1.90. The monoisotopic (exact) mass is 260 g/mol. The Hall–Kier alpha value is -1.35. The summed E-state index contributed by atoms with van der Waals surface area (Å²) in [6.45, 7) is 4.90. The molecule has 1 N–H and O–H groups in total. The van der Waals surface area contributed by atoms with Gasteiger partial charge in [0.1, 0.15) is 0 Å². The topological polar surface area (TPSA) is 32.3 Å². The quantitative estimate of drug-likeness (QED) is 0.850. The van der Waals surface area contributed by atoms with Gasteiger partial charge in [0.25, 0.3) is 0 Å². The van der Waals surface area contributed by atoms with Gasteiger partial charge in [0.2, 0.25) is 5.91 Å². The average Bonchev–Trinajstić information content (AvgIpc) is 2.94. The first-order valence-electron chi connectivity index (χ1n) is 7.34. The molecule has 0 bridgehead atoms. The van der Waals surface area contributed by atoms with E-state index in [9.17, 15) is 4.79 Å². The van der Waals surface area contributed by atoms with E-state index in [1.807, 2.05) is 11.0 Å². The zero-order valence-corrected chi connectivity index (χ0v) is 11.8. The van der Waals surface area contributed by atoms with Gasteiger partial charge in [-0.15, -0.1) is 0 Å². The van der Waals surface area contributed by atoms with Crippen LogP contribution in [0, 0.1) is 0 Å². The number of carbonyl (C=O) groups is 1. The third-order valence-corrected chi connectivity index (χ3v) is 3.70. The number of hydrogen-bond donors (Lipinski definition) is 1. The van der Waals surface area contributed by atoms with E-state index in [2.05, 4.69) is 36.5 Å². The highest BCUT2D eigenvalue weighted by Gasteiger charge is 2.21. The number of likely N-dealkylation sites (tertiary alicyclic amines) is 1. The molecule has 0 aliphatic carbocycles. The molecule has 0 radical (unpaired) electrons. The molecule has 1 aliphatic heterocycles. The van der Waals surface area contributed by atoms with Crippen molar-refractivity contribution in [3.63, 3.8) is 0 Å². The van der Waals surface area contributed by atoms with Crippen molar-refractivity contribution in [2.45, 2.75) is 38.6 Å². The maximum absolute atomic E-state index is 12.2. The van der Waals surface area contributed by atoms with Crippen molar-refractivity contribution < 1.29 is 4.79 Å².